The predicted octanol–water partition coefficient (Wildman–Crippen LogP) is 6.39. The van der Waals surface area contributed by atoms with E-state index in [0.717, 1.165) is 44.1 Å². The zero-order chi connectivity index (χ0) is 26.9. The average Bonchev–Trinajstić information content (AvgIpc) is 3.52. The first-order valence-corrected chi connectivity index (χ1v) is 12.9. The second-order valence-corrected chi connectivity index (χ2v) is 11.0. The number of carbonyl (C=O) groups is 2. The number of hydrogen-bond acceptors (Lipinski definition) is 2. The number of aromatic nitrogens is 2. The third-order valence-corrected chi connectivity index (χ3v) is 7.33. The van der Waals surface area contributed by atoms with Gasteiger partial charge in [-0.25, -0.2) is 0 Å². The molecule has 6 nitrogen and oxygen atoms in total. The van der Waals surface area contributed by atoms with Crippen molar-refractivity contribution in [2.75, 3.05) is 0 Å². The summed E-state index contributed by atoms with van der Waals surface area (Å²) in [6, 6.07) is 23.7. The maximum absolute atomic E-state index is 13.4. The van der Waals surface area contributed by atoms with Crippen molar-refractivity contribution in [2.45, 2.75) is 39.7 Å². The van der Waals surface area contributed by atoms with Crippen LogP contribution in [0.15, 0.2) is 85.2 Å². The molecule has 194 valence electrons. The number of nitrogens with one attached hydrogen (secondary N) is 3. The molecule has 0 aliphatic rings. The maximum Gasteiger partial charge on any atom is 0.307 e. The minimum atomic E-state index is -0.800. The number of H-pyrrole nitrogens is 2. The van der Waals surface area contributed by atoms with Crippen molar-refractivity contribution in [3.05, 3.63) is 107 Å². The third-order valence-electron chi connectivity index (χ3n) is 7.33. The van der Waals surface area contributed by atoms with Crippen LogP contribution in [0, 0.1) is 11.3 Å². The van der Waals surface area contributed by atoms with Gasteiger partial charge in [0.25, 0.3) is 0 Å². The van der Waals surface area contributed by atoms with Crippen LogP contribution in [-0.4, -0.2) is 27.0 Å². The van der Waals surface area contributed by atoms with Crippen LogP contribution >= 0.6 is 0 Å². The van der Waals surface area contributed by atoms with Gasteiger partial charge < -0.3 is 20.4 Å². The molecule has 2 atom stereocenters. The van der Waals surface area contributed by atoms with E-state index < -0.39 is 11.9 Å². The minimum Gasteiger partial charge on any atom is -0.481 e. The molecule has 5 rings (SSSR count). The summed E-state index contributed by atoms with van der Waals surface area (Å²) in [4.78, 5) is 31.9. The standard InChI is InChI=1S/C32H33N3O3/c1-32(2,3)26(31(37)38)18-23-19-34-27-13-12-20(16-25(23)27)17-28(36)35-30(21-8-5-4-6-9-21)24-11-7-10-22-14-15-33-29(22)24/h4-16,19,26,30,33-34H,17-18H2,1-3H3,(H,35,36)(H,37,38). The van der Waals surface area contributed by atoms with Crippen molar-refractivity contribution < 1.29 is 14.7 Å². The number of fused-ring (bicyclic) bond motifs is 2. The summed E-state index contributed by atoms with van der Waals surface area (Å²) in [5, 5.41) is 15.1. The number of carbonyl (C=O) groups excluding carboxylic acids is 1. The van der Waals surface area contributed by atoms with Crippen molar-refractivity contribution in [1.82, 2.24) is 15.3 Å². The molecule has 38 heavy (non-hydrogen) atoms. The first-order valence-electron chi connectivity index (χ1n) is 12.9. The normalized spacial score (nSPS) is 13.4. The lowest BCUT2D eigenvalue weighted by Crippen LogP contribution is -2.30. The topological polar surface area (TPSA) is 98.0 Å². The lowest BCUT2D eigenvalue weighted by atomic mass is 9.77. The van der Waals surface area contributed by atoms with Crippen LogP contribution in [0.25, 0.3) is 21.8 Å². The number of amides is 1. The molecular formula is C32H33N3O3. The summed E-state index contributed by atoms with van der Waals surface area (Å²) in [7, 11) is 0. The van der Waals surface area contributed by atoms with Gasteiger partial charge in [-0.1, -0.05) is 75.4 Å². The molecule has 3 aromatic carbocycles. The Morgan fingerprint density at radius 1 is 0.947 bits per heavy atom. The highest BCUT2D eigenvalue weighted by molar-refractivity contribution is 5.88. The number of carboxylic acids is 1. The lowest BCUT2D eigenvalue weighted by molar-refractivity contribution is -0.145. The van der Waals surface area contributed by atoms with E-state index in [-0.39, 0.29) is 23.8 Å². The number of hydrogen-bond donors (Lipinski definition) is 4. The number of carboxylic acid groups (broad SMARTS) is 1. The van der Waals surface area contributed by atoms with Crippen molar-refractivity contribution >= 4 is 33.7 Å². The van der Waals surface area contributed by atoms with Crippen LogP contribution in [-0.2, 0) is 22.4 Å². The fraction of sp³-hybridized carbons (Fsp3) is 0.250. The monoisotopic (exact) mass is 507 g/mol. The van der Waals surface area contributed by atoms with E-state index in [4.69, 9.17) is 0 Å². The van der Waals surface area contributed by atoms with Gasteiger partial charge in [0.2, 0.25) is 5.91 Å². The number of para-hydroxylation sites is 1. The van der Waals surface area contributed by atoms with Gasteiger partial charge in [-0.15, -0.1) is 0 Å². The van der Waals surface area contributed by atoms with E-state index in [1.807, 2.05) is 99.9 Å². The molecule has 4 N–H and O–H groups in total. The quantitative estimate of drug-likeness (QED) is 0.196. The average molecular weight is 508 g/mol. The van der Waals surface area contributed by atoms with Gasteiger partial charge in [-0.2, -0.15) is 0 Å². The van der Waals surface area contributed by atoms with Crippen LogP contribution in [0.5, 0.6) is 0 Å². The molecule has 0 saturated carbocycles. The fourth-order valence-corrected chi connectivity index (χ4v) is 5.22. The Labute approximate surface area is 222 Å². The van der Waals surface area contributed by atoms with E-state index in [0.29, 0.717) is 6.42 Å². The Morgan fingerprint density at radius 2 is 1.74 bits per heavy atom. The molecule has 6 heteroatoms. The molecule has 0 saturated heterocycles. The summed E-state index contributed by atoms with van der Waals surface area (Å²) >= 11 is 0. The molecular weight excluding hydrogens is 474 g/mol. The number of rotatable bonds is 8. The molecule has 0 fully saturated rings. The molecule has 1 amide bonds. The van der Waals surface area contributed by atoms with E-state index in [1.165, 1.54) is 0 Å². The summed E-state index contributed by atoms with van der Waals surface area (Å²) in [5.41, 5.74) is 5.41. The SMILES string of the molecule is CC(C)(C)C(Cc1c[nH]c2ccc(CC(=O)NC(c3ccccc3)c3cccc4cc[nH]c34)cc12)C(=O)O. The van der Waals surface area contributed by atoms with E-state index >= 15 is 0 Å². The van der Waals surface area contributed by atoms with Crippen LogP contribution < -0.4 is 5.32 Å². The number of benzene rings is 3. The van der Waals surface area contributed by atoms with Crippen molar-refractivity contribution in [3.8, 4) is 0 Å². The molecule has 2 heterocycles. The van der Waals surface area contributed by atoms with Gasteiger partial charge in [0.05, 0.1) is 23.9 Å². The lowest BCUT2D eigenvalue weighted by Gasteiger charge is -2.26. The Morgan fingerprint density at radius 3 is 2.47 bits per heavy atom. The van der Waals surface area contributed by atoms with Gasteiger partial charge in [0.15, 0.2) is 0 Å². The zero-order valence-electron chi connectivity index (χ0n) is 21.9. The first-order chi connectivity index (χ1) is 18.2. The zero-order valence-corrected chi connectivity index (χ0v) is 21.9. The van der Waals surface area contributed by atoms with Crippen molar-refractivity contribution in [2.24, 2.45) is 11.3 Å². The second-order valence-electron chi connectivity index (χ2n) is 11.0. The smallest absolute Gasteiger partial charge is 0.307 e. The molecule has 0 aliphatic carbocycles. The summed E-state index contributed by atoms with van der Waals surface area (Å²) < 4.78 is 0. The third kappa shape index (κ3) is 5.21. The van der Waals surface area contributed by atoms with Gasteiger partial charge in [-0.05, 0) is 52.1 Å². The first kappa shape index (κ1) is 25.3. The Kier molecular flexibility index (Phi) is 6.81. The summed E-state index contributed by atoms with van der Waals surface area (Å²) in [6.07, 6.45) is 4.44. The highest BCUT2D eigenvalue weighted by Crippen LogP contribution is 2.32. The highest BCUT2D eigenvalue weighted by Gasteiger charge is 2.32. The van der Waals surface area contributed by atoms with E-state index in [9.17, 15) is 14.7 Å². The molecule has 5 aromatic rings. The predicted molar refractivity (Wildman–Crippen MR) is 151 cm³/mol. The minimum absolute atomic E-state index is 0.0862. The van der Waals surface area contributed by atoms with Crippen LogP contribution in [0.1, 0.15) is 49.1 Å². The molecule has 0 spiro atoms. The molecule has 0 bridgehead atoms. The van der Waals surface area contributed by atoms with Gasteiger partial charge in [-0.3, -0.25) is 9.59 Å². The second kappa shape index (κ2) is 10.2. The van der Waals surface area contributed by atoms with E-state index in [1.54, 1.807) is 0 Å². The Bertz CT molecular complexity index is 1590. The summed E-state index contributed by atoms with van der Waals surface area (Å²) in [6.45, 7) is 5.85. The number of aromatic amines is 2. The Balaban J connectivity index is 1.41. The van der Waals surface area contributed by atoms with Crippen molar-refractivity contribution in [3.63, 3.8) is 0 Å². The van der Waals surface area contributed by atoms with Crippen LogP contribution in [0.2, 0.25) is 0 Å². The summed E-state index contributed by atoms with van der Waals surface area (Å²) in [5.74, 6) is -1.40. The fourth-order valence-electron chi connectivity index (χ4n) is 5.22. The Hall–Kier alpha value is -4.32. The van der Waals surface area contributed by atoms with Crippen LogP contribution in [0.3, 0.4) is 0 Å². The largest absolute Gasteiger partial charge is 0.481 e. The molecule has 2 unspecified atom stereocenters. The maximum atomic E-state index is 13.4. The number of aliphatic carboxylic acids is 1. The van der Waals surface area contributed by atoms with E-state index in [2.05, 4.69) is 21.4 Å². The van der Waals surface area contributed by atoms with Gasteiger partial charge in [0, 0.05) is 28.9 Å². The van der Waals surface area contributed by atoms with Crippen LogP contribution in [0.4, 0.5) is 0 Å². The van der Waals surface area contributed by atoms with Crippen molar-refractivity contribution in [1.29, 1.82) is 0 Å². The highest BCUT2D eigenvalue weighted by atomic mass is 16.4. The molecule has 0 aliphatic heterocycles. The van der Waals surface area contributed by atoms with Gasteiger partial charge in [0.1, 0.15) is 0 Å². The molecule has 2 aromatic heterocycles. The molecule has 0 radical (unpaired) electrons. The van der Waals surface area contributed by atoms with Gasteiger partial charge >= 0.3 is 5.97 Å².